The monoisotopic (exact) mass is 221 g/mol. The Hall–Kier alpha value is -0.260. The highest BCUT2D eigenvalue weighted by Gasteiger charge is 1.97. The average molecular weight is 222 g/mol. The Bertz CT molecular complexity index is 248. The fraction of sp³-hybridized carbons (Fsp3) is 0. The molecule has 0 bridgehead atoms. The van der Waals surface area contributed by atoms with Gasteiger partial charge < -0.3 is 4.55 Å². The lowest BCUT2D eigenvalue weighted by atomic mass is 10.5. The summed E-state index contributed by atoms with van der Waals surface area (Å²) in [5, 5.41) is 0. The Morgan fingerprint density at radius 2 is 2.30 bits per heavy atom. The predicted molar refractivity (Wildman–Crippen MR) is 41.0 cm³/mol. The molecule has 0 aliphatic rings. The summed E-state index contributed by atoms with van der Waals surface area (Å²) in [5.74, 6) is 0. The van der Waals surface area contributed by atoms with Crippen LogP contribution in [0.1, 0.15) is 0 Å². The van der Waals surface area contributed by atoms with Crippen molar-refractivity contribution in [3.8, 4) is 0 Å². The molecule has 0 saturated heterocycles. The second kappa shape index (κ2) is 3.23. The normalized spacial score (nSPS) is 13.0. The quantitative estimate of drug-likeness (QED) is 0.577. The molecule has 0 saturated carbocycles. The second-order valence-electron chi connectivity index (χ2n) is 1.57. The first-order chi connectivity index (χ1) is 4.70. The van der Waals surface area contributed by atoms with E-state index < -0.39 is 11.1 Å². The first-order valence-corrected chi connectivity index (χ1v) is 4.32. The van der Waals surface area contributed by atoms with Crippen LogP contribution in [0.15, 0.2) is 27.8 Å². The van der Waals surface area contributed by atoms with Crippen molar-refractivity contribution in [2.45, 2.75) is 4.90 Å². The lowest BCUT2D eigenvalue weighted by Crippen LogP contribution is -1.88. The number of aromatic nitrogens is 1. The number of rotatable bonds is 1. The zero-order valence-electron chi connectivity index (χ0n) is 4.82. The summed E-state index contributed by atoms with van der Waals surface area (Å²) in [6.45, 7) is 0. The molecular formula is C5H4BrNO2S. The number of hydrogen-bond acceptors (Lipinski definition) is 2. The minimum atomic E-state index is -1.92. The van der Waals surface area contributed by atoms with Crippen molar-refractivity contribution >= 4 is 27.0 Å². The predicted octanol–water partition coefficient (Wildman–Crippen LogP) is 1.42. The maximum absolute atomic E-state index is 10.4. The molecule has 1 atom stereocenters. The van der Waals surface area contributed by atoms with E-state index in [9.17, 15) is 4.21 Å². The van der Waals surface area contributed by atoms with E-state index in [4.69, 9.17) is 4.55 Å². The van der Waals surface area contributed by atoms with Gasteiger partial charge in [-0.2, -0.15) is 0 Å². The zero-order valence-corrected chi connectivity index (χ0v) is 7.22. The van der Waals surface area contributed by atoms with Crippen LogP contribution >= 0.6 is 15.9 Å². The van der Waals surface area contributed by atoms with Gasteiger partial charge in [-0.15, -0.1) is 0 Å². The van der Waals surface area contributed by atoms with Crippen molar-refractivity contribution in [3.05, 3.63) is 22.9 Å². The van der Waals surface area contributed by atoms with Gasteiger partial charge in [-0.3, -0.25) is 0 Å². The molecule has 54 valence electrons. The average Bonchev–Trinajstić information content (AvgIpc) is 1.88. The molecule has 0 spiro atoms. The summed E-state index contributed by atoms with van der Waals surface area (Å²) in [5.41, 5.74) is 0. The van der Waals surface area contributed by atoms with Crippen molar-refractivity contribution in [3.63, 3.8) is 0 Å². The summed E-state index contributed by atoms with van der Waals surface area (Å²) in [7, 11) is 0. The summed E-state index contributed by atoms with van der Waals surface area (Å²) >= 11 is 1.18. The van der Waals surface area contributed by atoms with Gasteiger partial charge in [-0.05, 0) is 28.1 Å². The fourth-order valence-electron chi connectivity index (χ4n) is 0.466. The van der Waals surface area contributed by atoms with Crippen molar-refractivity contribution in [1.29, 1.82) is 0 Å². The third-order valence-electron chi connectivity index (χ3n) is 0.902. The molecule has 5 heteroatoms. The molecule has 1 rings (SSSR count). The molecule has 0 radical (unpaired) electrons. The molecule has 1 heterocycles. The maximum Gasteiger partial charge on any atom is 0.188 e. The summed E-state index contributed by atoms with van der Waals surface area (Å²) in [6.07, 6.45) is 1.35. The van der Waals surface area contributed by atoms with Crippen LogP contribution in [0.4, 0.5) is 0 Å². The molecule has 3 nitrogen and oxygen atoms in total. The highest BCUT2D eigenvalue weighted by Crippen LogP contribution is 2.07. The maximum atomic E-state index is 10.4. The highest BCUT2D eigenvalue weighted by molar-refractivity contribution is 9.10. The Morgan fingerprint density at radius 3 is 2.70 bits per heavy atom. The molecular weight excluding hydrogens is 218 g/mol. The van der Waals surface area contributed by atoms with E-state index in [1.54, 1.807) is 6.07 Å². The van der Waals surface area contributed by atoms with E-state index in [-0.39, 0.29) is 0 Å². The summed E-state index contributed by atoms with van der Waals surface area (Å²) in [4.78, 5) is 4.07. The third-order valence-corrected chi connectivity index (χ3v) is 2.02. The van der Waals surface area contributed by atoms with Gasteiger partial charge in [0.05, 0.1) is 4.90 Å². The van der Waals surface area contributed by atoms with Gasteiger partial charge in [0.15, 0.2) is 11.1 Å². The largest absolute Gasteiger partial charge is 0.302 e. The fourth-order valence-corrected chi connectivity index (χ4v) is 1.03. The Balaban J connectivity index is 3.00. The van der Waals surface area contributed by atoms with Gasteiger partial charge in [0.25, 0.3) is 0 Å². The minimum Gasteiger partial charge on any atom is -0.302 e. The van der Waals surface area contributed by atoms with Gasteiger partial charge in [0.2, 0.25) is 0 Å². The van der Waals surface area contributed by atoms with Crippen LogP contribution in [0.5, 0.6) is 0 Å². The van der Waals surface area contributed by atoms with Gasteiger partial charge >= 0.3 is 0 Å². The third kappa shape index (κ3) is 1.86. The van der Waals surface area contributed by atoms with Crippen LogP contribution < -0.4 is 0 Å². The smallest absolute Gasteiger partial charge is 0.188 e. The SMILES string of the molecule is O=S(O)c1ccc(Br)nc1. The molecule has 0 aliphatic heterocycles. The minimum absolute atomic E-state index is 0.309. The van der Waals surface area contributed by atoms with Gasteiger partial charge in [-0.25, -0.2) is 9.19 Å². The van der Waals surface area contributed by atoms with Crippen LogP contribution in [0.3, 0.4) is 0 Å². The molecule has 1 unspecified atom stereocenters. The van der Waals surface area contributed by atoms with Crippen LogP contribution in [0.25, 0.3) is 0 Å². The van der Waals surface area contributed by atoms with Crippen LogP contribution in [0, 0.1) is 0 Å². The van der Waals surface area contributed by atoms with E-state index in [1.165, 1.54) is 12.3 Å². The molecule has 0 aromatic carbocycles. The van der Waals surface area contributed by atoms with E-state index in [1.807, 2.05) is 0 Å². The zero-order chi connectivity index (χ0) is 7.56. The Labute approximate surface area is 68.9 Å². The number of hydrogen-bond donors (Lipinski definition) is 1. The Kier molecular flexibility index (Phi) is 2.53. The van der Waals surface area contributed by atoms with Crippen molar-refractivity contribution in [1.82, 2.24) is 4.98 Å². The topological polar surface area (TPSA) is 50.2 Å². The number of nitrogens with zero attached hydrogens (tertiary/aromatic N) is 1. The summed E-state index contributed by atoms with van der Waals surface area (Å²) in [6, 6.07) is 3.15. The highest BCUT2D eigenvalue weighted by atomic mass is 79.9. The number of pyridine rings is 1. The molecule has 0 aliphatic carbocycles. The van der Waals surface area contributed by atoms with Gasteiger partial charge in [0, 0.05) is 6.20 Å². The van der Waals surface area contributed by atoms with Crippen molar-refractivity contribution < 1.29 is 8.76 Å². The second-order valence-corrected chi connectivity index (χ2v) is 3.35. The Morgan fingerprint density at radius 1 is 1.60 bits per heavy atom. The molecule has 1 N–H and O–H groups in total. The molecule has 1 aromatic heterocycles. The van der Waals surface area contributed by atoms with E-state index in [2.05, 4.69) is 20.9 Å². The van der Waals surface area contributed by atoms with Gasteiger partial charge in [-0.1, -0.05) is 0 Å². The number of halogens is 1. The van der Waals surface area contributed by atoms with Crippen molar-refractivity contribution in [2.75, 3.05) is 0 Å². The standard InChI is InChI=1S/C5H4BrNO2S/c6-5-2-1-4(3-7-5)10(8)9/h1-3H,(H,8,9). The molecule has 0 fully saturated rings. The van der Waals surface area contributed by atoms with Crippen LogP contribution in [0.2, 0.25) is 0 Å². The first-order valence-electron chi connectivity index (χ1n) is 2.42. The van der Waals surface area contributed by atoms with E-state index in [0.717, 1.165) is 0 Å². The lowest BCUT2D eigenvalue weighted by molar-refractivity contribution is 0.564. The van der Waals surface area contributed by atoms with Crippen LogP contribution in [-0.4, -0.2) is 13.7 Å². The van der Waals surface area contributed by atoms with Crippen LogP contribution in [-0.2, 0) is 11.1 Å². The molecule has 0 amide bonds. The summed E-state index contributed by atoms with van der Waals surface area (Å²) < 4.78 is 19.6. The lowest BCUT2D eigenvalue weighted by Gasteiger charge is -1.91. The van der Waals surface area contributed by atoms with E-state index >= 15 is 0 Å². The van der Waals surface area contributed by atoms with Crippen molar-refractivity contribution in [2.24, 2.45) is 0 Å². The van der Waals surface area contributed by atoms with E-state index in [0.29, 0.717) is 9.50 Å². The molecule has 1 aromatic rings. The van der Waals surface area contributed by atoms with Gasteiger partial charge in [0.1, 0.15) is 4.60 Å². The molecule has 10 heavy (non-hydrogen) atoms. The first kappa shape index (κ1) is 7.84.